The second-order valence-corrected chi connectivity index (χ2v) is 2.04. The van der Waals surface area contributed by atoms with Crippen molar-refractivity contribution in [3.05, 3.63) is 0 Å². The van der Waals surface area contributed by atoms with Crippen LogP contribution in [0.4, 0.5) is 0 Å². The SMILES string of the molecule is NC1CCCC1.[HH]. The zero-order valence-corrected chi connectivity index (χ0v) is 3.98. The van der Waals surface area contributed by atoms with E-state index in [0.29, 0.717) is 6.04 Å². The van der Waals surface area contributed by atoms with Crippen molar-refractivity contribution in [2.24, 2.45) is 5.73 Å². The predicted molar refractivity (Wildman–Crippen MR) is 28.6 cm³/mol. The normalized spacial score (nSPS) is 25.5. The highest BCUT2D eigenvalue weighted by Gasteiger charge is 2.07. The molecule has 1 nitrogen and oxygen atoms in total. The lowest BCUT2D eigenvalue weighted by Gasteiger charge is -1.92. The highest BCUT2D eigenvalue weighted by molar-refractivity contribution is 4.67. The van der Waals surface area contributed by atoms with Crippen molar-refractivity contribution in [2.45, 2.75) is 31.7 Å². The van der Waals surface area contributed by atoms with Gasteiger partial charge in [-0.3, -0.25) is 0 Å². The molecule has 0 aliphatic heterocycles. The molecule has 6 heavy (non-hydrogen) atoms. The molecule has 0 aromatic rings. The maximum Gasteiger partial charge on any atom is 0.00388 e. The highest BCUT2D eigenvalue weighted by atomic mass is 14.6. The van der Waals surface area contributed by atoms with Crippen LogP contribution in [0.5, 0.6) is 0 Å². The Bertz CT molecular complexity index is 41.3. The van der Waals surface area contributed by atoms with Gasteiger partial charge in [0.15, 0.2) is 0 Å². The lowest BCUT2D eigenvalue weighted by Crippen LogP contribution is -2.13. The van der Waals surface area contributed by atoms with E-state index >= 15 is 0 Å². The van der Waals surface area contributed by atoms with Crippen LogP contribution < -0.4 is 5.73 Å². The van der Waals surface area contributed by atoms with E-state index in [4.69, 9.17) is 5.73 Å². The third-order valence-electron chi connectivity index (χ3n) is 1.40. The molecule has 38 valence electrons. The first-order valence-corrected chi connectivity index (χ1v) is 2.65. The van der Waals surface area contributed by atoms with Gasteiger partial charge in [0.25, 0.3) is 0 Å². The summed E-state index contributed by atoms with van der Waals surface area (Å²) in [7, 11) is 0. The van der Waals surface area contributed by atoms with Gasteiger partial charge in [-0.1, -0.05) is 12.8 Å². The molecule has 2 N–H and O–H groups in total. The van der Waals surface area contributed by atoms with E-state index in [-0.39, 0.29) is 1.43 Å². The third-order valence-corrected chi connectivity index (χ3v) is 1.40. The molecule has 0 saturated heterocycles. The third kappa shape index (κ3) is 0.716. The van der Waals surface area contributed by atoms with Crippen LogP contribution in [0.3, 0.4) is 0 Å². The maximum atomic E-state index is 5.53. The van der Waals surface area contributed by atoms with Gasteiger partial charge in [0.2, 0.25) is 0 Å². The fourth-order valence-electron chi connectivity index (χ4n) is 0.957. The van der Waals surface area contributed by atoms with Crippen LogP contribution in [-0.2, 0) is 0 Å². The van der Waals surface area contributed by atoms with Crippen LogP contribution in [-0.4, -0.2) is 6.04 Å². The van der Waals surface area contributed by atoms with Gasteiger partial charge in [-0.05, 0) is 12.8 Å². The largest absolute Gasteiger partial charge is 0.328 e. The highest BCUT2D eigenvalue weighted by Crippen LogP contribution is 2.14. The van der Waals surface area contributed by atoms with E-state index in [1.807, 2.05) is 0 Å². The Hall–Kier alpha value is -0.0400. The Balaban J connectivity index is 0.000000360. The monoisotopic (exact) mass is 87.1 g/mol. The van der Waals surface area contributed by atoms with Crippen LogP contribution in [0.15, 0.2) is 0 Å². The molecule has 1 saturated carbocycles. The summed E-state index contributed by atoms with van der Waals surface area (Å²) >= 11 is 0. The number of hydrogen-bond acceptors (Lipinski definition) is 1. The standard InChI is InChI=1S/C5H11N.H2/c6-5-3-1-2-4-5;/h5H,1-4,6H2;1H. The van der Waals surface area contributed by atoms with E-state index in [1.54, 1.807) is 0 Å². The summed E-state index contributed by atoms with van der Waals surface area (Å²) in [5.41, 5.74) is 5.53. The fraction of sp³-hybridized carbons (Fsp3) is 1.00. The molecule has 0 amide bonds. The molecule has 1 rings (SSSR count). The van der Waals surface area contributed by atoms with Crippen LogP contribution in [0.2, 0.25) is 0 Å². The van der Waals surface area contributed by atoms with Crippen molar-refractivity contribution in [3.8, 4) is 0 Å². The van der Waals surface area contributed by atoms with Crippen molar-refractivity contribution in [2.75, 3.05) is 0 Å². The molecule has 0 spiro atoms. The summed E-state index contributed by atoms with van der Waals surface area (Å²) in [6.45, 7) is 0. The van der Waals surface area contributed by atoms with E-state index in [0.717, 1.165) is 0 Å². The summed E-state index contributed by atoms with van der Waals surface area (Å²) in [6.07, 6.45) is 5.25. The van der Waals surface area contributed by atoms with Gasteiger partial charge < -0.3 is 5.73 Å². The summed E-state index contributed by atoms with van der Waals surface area (Å²) in [6, 6.07) is 0.546. The summed E-state index contributed by atoms with van der Waals surface area (Å²) < 4.78 is 0. The average Bonchev–Trinajstić information content (AvgIpc) is 1.86. The van der Waals surface area contributed by atoms with Crippen molar-refractivity contribution >= 4 is 0 Å². The first-order valence-electron chi connectivity index (χ1n) is 2.65. The molecule has 0 aromatic heterocycles. The molecule has 1 fully saturated rings. The molecular weight excluding hydrogens is 74.1 g/mol. The molecule has 0 unspecified atom stereocenters. The van der Waals surface area contributed by atoms with Gasteiger partial charge in [-0.2, -0.15) is 0 Å². The number of nitrogens with two attached hydrogens (primary N) is 1. The van der Waals surface area contributed by atoms with E-state index < -0.39 is 0 Å². The lowest BCUT2D eigenvalue weighted by molar-refractivity contribution is 0.704. The molecule has 1 aliphatic rings. The average molecular weight is 87.2 g/mol. The summed E-state index contributed by atoms with van der Waals surface area (Å²) in [5.74, 6) is 0. The van der Waals surface area contributed by atoms with Gasteiger partial charge in [0.1, 0.15) is 0 Å². The van der Waals surface area contributed by atoms with Gasteiger partial charge in [0.05, 0.1) is 0 Å². The van der Waals surface area contributed by atoms with Crippen LogP contribution in [0.25, 0.3) is 0 Å². The van der Waals surface area contributed by atoms with Gasteiger partial charge in [0, 0.05) is 7.47 Å². The zero-order valence-electron chi connectivity index (χ0n) is 3.98. The van der Waals surface area contributed by atoms with Gasteiger partial charge >= 0.3 is 0 Å². The fourth-order valence-corrected chi connectivity index (χ4v) is 0.957. The lowest BCUT2D eigenvalue weighted by atomic mass is 10.3. The van der Waals surface area contributed by atoms with Crippen molar-refractivity contribution in [1.82, 2.24) is 0 Å². The molecule has 1 aliphatic carbocycles. The molecule has 0 atom stereocenters. The topological polar surface area (TPSA) is 26.0 Å². The molecule has 0 radical (unpaired) electrons. The Morgan fingerprint density at radius 3 is 2.00 bits per heavy atom. The molecular formula is C5H13N. The second-order valence-electron chi connectivity index (χ2n) is 2.04. The van der Waals surface area contributed by atoms with Gasteiger partial charge in [-0.25, -0.2) is 0 Å². The van der Waals surface area contributed by atoms with Crippen molar-refractivity contribution < 1.29 is 1.43 Å². The number of hydrogen-bond donors (Lipinski definition) is 1. The number of rotatable bonds is 0. The van der Waals surface area contributed by atoms with E-state index in [2.05, 4.69) is 0 Å². The second kappa shape index (κ2) is 1.61. The van der Waals surface area contributed by atoms with E-state index in [9.17, 15) is 0 Å². The minimum Gasteiger partial charge on any atom is -0.328 e. The maximum absolute atomic E-state index is 5.53. The first-order chi connectivity index (χ1) is 2.89. The molecule has 1 heteroatoms. The smallest absolute Gasteiger partial charge is 0.00388 e. The summed E-state index contributed by atoms with van der Waals surface area (Å²) in [5, 5.41) is 0. The van der Waals surface area contributed by atoms with Crippen LogP contribution in [0.1, 0.15) is 27.1 Å². The van der Waals surface area contributed by atoms with Gasteiger partial charge in [-0.15, -0.1) is 0 Å². The van der Waals surface area contributed by atoms with Crippen molar-refractivity contribution in [1.29, 1.82) is 0 Å². The Labute approximate surface area is 40.0 Å². The summed E-state index contributed by atoms with van der Waals surface area (Å²) in [4.78, 5) is 0. The quantitative estimate of drug-likeness (QED) is 0.471. The minimum absolute atomic E-state index is 0. The first kappa shape index (κ1) is 4.13. The predicted octanol–water partition coefficient (Wildman–Crippen LogP) is 1.13. The molecule has 0 heterocycles. The van der Waals surface area contributed by atoms with Crippen LogP contribution in [0, 0.1) is 0 Å². The Kier molecular flexibility index (Phi) is 1.10. The molecule has 0 aromatic carbocycles. The van der Waals surface area contributed by atoms with E-state index in [1.165, 1.54) is 25.7 Å². The minimum atomic E-state index is 0. The van der Waals surface area contributed by atoms with Crippen molar-refractivity contribution in [3.63, 3.8) is 0 Å². The zero-order chi connectivity index (χ0) is 4.41. The molecule has 0 bridgehead atoms. The Morgan fingerprint density at radius 1 is 1.33 bits per heavy atom. The Morgan fingerprint density at radius 2 is 1.83 bits per heavy atom. The van der Waals surface area contributed by atoms with Crippen LogP contribution >= 0.6 is 0 Å².